The summed E-state index contributed by atoms with van der Waals surface area (Å²) in [4.78, 5) is 0. The van der Waals surface area contributed by atoms with Crippen molar-refractivity contribution in [1.29, 1.82) is 0 Å². The minimum absolute atomic E-state index is 0. The zero-order valence-corrected chi connectivity index (χ0v) is 12.7. The van der Waals surface area contributed by atoms with E-state index in [1.54, 1.807) is 0 Å². The Morgan fingerprint density at radius 1 is 0.750 bits per heavy atom. The van der Waals surface area contributed by atoms with Gasteiger partial charge in [0.2, 0.25) is 0 Å². The molecule has 0 radical (unpaired) electrons. The van der Waals surface area contributed by atoms with E-state index in [9.17, 15) is 0 Å². The molecule has 0 bridgehead atoms. The van der Waals surface area contributed by atoms with Crippen molar-refractivity contribution < 1.29 is 0 Å². The highest BCUT2D eigenvalue weighted by Gasteiger charge is 1.99. The molecule has 20 heavy (non-hydrogen) atoms. The molecule has 0 heterocycles. The minimum atomic E-state index is 0. The molecule has 0 atom stereocenters. The van der Waals surface area contributed by atoms with Gasteiger partial charge in [0.15, 0.2) is 0 Å². The molecular formula is C20H30. The van der Waals surface area contributed by atoms with E-state index >= 15 is 0 Å². The highest BCUT2D eigenvalue weighted by molar-refractivity contribution is 5.63. The first-order chi connectivity index (χ1) is 9.17. The highest BCUT2D eigenvalue weighted by Crippen LogP contribution is 2.20. The normalized spacial score (nSPS) is 9.45. The molecule has 2 rings (SSSR count). The lowest BCUT2D eigenvalue weighted by molar-refractivity contribution is 0.647. The van der Waals surface area contributed by atoms with Crippen LogP contribution in [0.15, 0.2) is 54.6 Å². The summed E-state index contributed by atoms with van der Waals surface area (Å²) in [7, 11) is 0. The third kappa shape index (κ3) is 6.56. The second-order valence-corrected chi connectivity index (χ2v) is 5.37. The summed E-state index contributed by atoms with van der Waals surface area (Å²) in [6.07, 6.45) is 2.41. The van der Waals surface area contributed by atoms with Crippen LogP contribution in [0.5, 0.6) is 0 Å². The van der Waals surface area contributed by atoms with E-state index in [1.165, 1.54) is 23.1 Å². The molecule has 110 valence electrons. The molecule has 0 nitrogen and oxygen atoms in total. The van der Waals surface area contributed by atoms with Gasteiger partial charge >= 0.3 is 0 Å². The zero-order valence-electron chi connectivity index (χ0n) is 12.7. The first-order valence-corrected chi connectivity index (χ1v) is 7.31. The Morgan fingerprint density at radius 2 is 1.20 bits per heavy atom. The Balaban J connectivity index is 0.000000830. The molecule has 0 amide bonds. The molecule has 0 aliphatic carbocycles. The van der Waals surface area contributed by atoms with Crippen LogP contribution in [-0.4, -0.2) is 0 Å². The molecule has 0 fully saturated rings. The lowest BCUT2D eigenvalue weighted by atomic mass is 9.99. The molecule has 0 spiro atoms. The van der Waals surface area contributed by atoms with Gasteiger partial charge in [0, 0.05) is 0 Å². The Hall–Kier alpha value is -1.56. The maximum absolute atomic E-state index is 2.26. The maximum Gasteiger partial charge on any atom is -0.0184 e. The first-order valence-electron chi connectivity index (χ1n) is 7.31. The van der Waals surface area contributed by atoms with Gasteiger partial charge in [-0.2, -0.15) is 0 Å². The lowest BCUT2D eigenvalue weighted by Crippen LogP contribution is -1.93. The number of hydrogen-bond donors (Lipinski definition) is 0. The van der Waals surface area contributed by atoms with Gasteiger partial charge in [-0.3, -0.25) is 0 Å². The molecule has 0 saturated heterocycles. The van der Waals surface area contributed by atoms with Crippen LogP contribution in [0.1, 0.15) is 47.1 Å². The van der Waals surface area contributed by atoms with Crippen molar-refractivity contribution in [2.24, 2.45) is 5.92 Å². The topological polar surface area (TPSA) is 0 Å². The average molecular weight is 270 g/mol. The van der Waals surface area contributed by atoms with Crippen molar-refractivity contribution in [2.45, 2.75) is 48.0 Å². The van der Waals surface area contributed by atoms with Crippen molar-refractivity contribution in [1.82, 2.24) is 0 Å². The van der Waals surface area contributed by atoms with Crippen molar-refractivity contribution in [3.8, 4) is 11.1 Å². The molecule has 0 aliphatic rings. The summed E-state index contributed by atoms with van der Waals surface area (Å²) in [5.74, 6) is 0.725. The molecule has 0 heteroatoms. The smallest absolute Gasteiger partial charge is 0.0184 e. The average Bonchev–Trinajstić information content (AvgIpc) is 2.41. The predicted molar refractivity (Wildman–Crippen MR) is 93.1 cm³/mol. The quantitative estimate of drug-likeness (QED) is 0.589. The van der Waals surface area contributed by atoms with Crippen molar-refractivity contribution >= 4 is 0 Å². The van der Waals surface area contributed by atoms with Crippen LogP contribution in [0.4, 0.5) is 0 Å². The van der Waals surface area contributed by atoms with Gasteiger partial charge in [-0.1, -0.05) is 96.1 Å². The summed E-state index contributed by atoms with van der Waals surface area (Å²) in [5, 5.41) is 0. The Bertz CT molecular complexity index is 437. The van der Waals surface area contributed by atoms with E-state index in [4.69, 9.17) is 0 Å². The first kappa shape index (κ1) is 18.4. The third-order valence-corrected chi connectivity index (χ3v) is 2.71. The Morgan fingerprint density at radius 3 is 1.65 bits per heavy atom. The van der Waals surface area contributed by atoms with E-state index in [0.717, 1.165) is 12.3 Å². The fraction of sp³-hybridized carbons (Fsp3) is 0.400. The lowest BCUT2D eigenvalue weighted by Gasteiger charge is -2.06. The van der Waals surface area contributed by atoms with E-state index in [1.807, 2.05) is 0 Å². The standard InChI is InChI=1S/C16H18.C3H8.CH4/c1-13(2)12-14-8-10-16(11-9-14)15-6-4-3-5-7-15;1-3-2;/h3-11,13H,12H2,1-2H3;3H2,1-2H3;1H4. The SMILES string of the molecule is C.CC(C)Cc1ccc(-c2ccccc2)cc1.CCC. The summed E-state index contributed by atoms with van der Waals surface area (Å²) in [5.41, 5.74) is 4.02. The van der Waals surface area contributed by atoms with Crippen LogP contribution < -0.4 is 0 Å². The number of benzene rings is 2. The fourth-order valence-electron chi connectivity index (χ4n) is 1.94. The second kappa shape index (κ2) is 10.3. The second-order valence-electron chi connectivity index (χ2n) is 5.37. The fourth-order valence-corrected chi connectivity index (χ4v) is 1.94. The summed E-state index contributed by atoms with van der Waals surface area (Å²) >= 11 is 0. The van der Waals surface area contributed by atoms with E-state index < -0.39 is 0 Å². The Labute approximate surface area is 125 Å². The van der Waals surface area contributed by atoms with E-state index in [0.29, 0.717) is 0 Å². The molecular weight excluding hydrogens is 240 g/mol. The molecule has 0 aromatic heterocycles. The van der Waals surface area contributed by atoms with Gasteiger partial charge < -0.3 is 0 Å². The van der Waals surface area contributed by atoms with Crippen LogP contribution in [0.2, 0.25) is 0 Å². The van der Waals surface area contributed by atoms with E-state index in [2.05, 4.69) is 82.3 Å². The predicted octanol–water partition coefficient (Wildman–Crippen LogP) is 6.60. The maximum atomic E-state index is 2.26. The monoisotopic (exact) mass is 270 g/mol. The van der Waals surface area contributed by atoms with Crippen LogP contribution >= 0.6 is 0 Å². The molecule has 2 aromatic rings. The molecule has 0 saturated carbocycles. The molecule has 0 aliphatic heterocycles. The van der Waals surface area contributed by atoms with Gasteiger partial charge in [0.25, 0.3) is 0 Å². The highest BCUT2D eigenvalue weighted by atomic mass is 14.0. The van der Waals surface area contributed by atoms with Gasteiger partial charge in [0.1, 0.15) is 0 Å². The largest absolute Gasteiger partial charge is 0.0776 e. The van der Waals surface area contributed by atoms with Crippen LogP contribution in [0, 0.1) is 5.92 Å². The van der Waals surface area contributed by atoms with Crippen LogP contribution in [0.25, 0.3) is 11.1 Å². The molecule has 0 N–H and O–H groups in total. The zero-order chi connectivity index (χ0) is 14.1. The summed E-state index contributed by atoms with van der Waals surface area (Å²) < 4.78 is 0. The molecule has 2 aromatic carbocycles. The van der Waals surface area contributed by atoms with Gasteiger partial charge in [-0.05, 0) is 29.0 Å². The Kier molecular flexibility index (Phi) is 9.45. The van der Waals surface area contributed by atoms with Crippen LogP contribution in [-0.2, 0) is 6.42 Å². The van der Waals surface area contributed by atoms with Crippen LogP contribution in [0.3, 0.4) is 0 Å². The van der Waals surface area contributed by atoms with Crippen molar-refractivity contribution in [3.63, 3.8) is 0 Å². The van der Waals surface area contributed by atoms with Crippen molar-refractivity contribution in [2.75, 3.05) is 0 Å². The number of hydrogen-bond acceptors (Lipinski definition) is 0. The van der Waals surface area contributed by atoms with Gasteiger partial charge in [-0.15, -0.1) is 0 Å². The molecule has 0 unspecified atom stereocenters. The summed E-state index contributed by atoms with van der Waals surface area (Å²) in [6.45, 7) is 8.76. The van der Waals surface area contributed by atoms with Gasteiger partial charge in [0.05, 0.1) is 0 Å². The van der Waals surface area contributed by atoms with Crippen molar-refractivity contribution in [3.05, 3.63) is 60.2 Å². The minimum Gasteiger partial charge on any atom is -0.0776 e. The third-order valence-electron chi connectivity index (χ3n) is 2.71. The summed E-state index contributed by atoms with van der Waals surface area (Å²) in [6, 6.07) is 19.4. The van der Waals surface area contributed by atoms with E-state index in [-0.39, 0.29) is 7.43 Å². The number of rotatable bonds is 3. The van der Waals surface area contributed by atoms with Gasteiger partial charge in [-0.25, -0.2) is 0 Å².